The van der Waals surface area contributed by atoms with Crippen LogP contribution in [0.4, 0.5) is 17.6 Å². The Morgan fingerprint density at radius 3 is 2.65 bits per heavy atom. The van der Waals surface area contributed by atoms with Gasteiger partial charge in [0.2, 0.25) is 0 Å². The van der Waals surface area contributed by atoms with Gasteiger partial charge in [-0.2, -0.15) is 13.2 Å². The van der Waals surface area contributed by atoms with Crippen LogP contribution in [0, 0.1) is 17.7 Å². The second-order valence-electron chi connectivity index (χ2n) is 5.25. The zero-order valence-electron chi connectivity index (χ0n) is 10.8. The van der Waals surface area contributed by atoms with Crippen molar-refractivity contribution in [3.63, 3.8) is 0 Å². The van der Waals surface area contributed by atoms with Crippen LogP contribution in [0.25, 0.3) is 0 Å². The van der Waals surface area contributed by atoms with E-state index in [1.807, 2.05) is 0 Å². The van der Waals surface area contributed by atoms with Crippen LogP contribution >= 0.6 is 0 Å². The molecule has 1 aromatic heterocycles. The van der Waals surface area contributed by atoms with Gasteiger partial charge in [0.25, 0.3) is 0 Å². The van der Waals surface area contributed by atoms with Gasteiger partial charge in [0.15, 0.2) is 0 Å². The molecule has 2 rings (SSSR count). The first-order valence-electron chi connectivity index (χ1n) is 6.55. The Balaban J connectivity index is 2.15. The van der Waals surface area contributed by atoms with Crippen LogP contribution in [-0.2, 0) is 0 Å². The number of hydrazine groups is 1. The number of hydrogen-bond acceptors (Lipinski definition) is 3. The maximum atomic E-state index is 13.2. The molecular formula is C13H17F4N3. The van der Waals surface area contributed by atoms with Crippen molar-refractivity contribution in [3.8, 4) is 0 Å². The van der Waals surface area contributed by atoms with Gasteiger partial charge >= 0.3 is 6.18 Å². The lowest BCUT2D eigenvalue weighted by Crippen LogP contribution is -2.38. The molecule has 20 heavy (non-hydrogen) atoms. The molecule has 0 aliphatic heterocycles. The minimum absolute atomic E-state index is 0.00881. The molecule has 1 saturated carbocycles. The molecule has 0 bridgehead atoms. The molecule has 0 aromatic carbocycles. The molecule has 3 unspecified atom stereocenters. The fraction of sp³-hybridized carbons (Fsp3) is 0.615. The van der Waals surface area contributed by atoms with Crippen LogP contribution in [-0.4, -0.2) is 11.2 Å². The van der Waals surface area contributed by atoms with Gasteiger partial charge in [-0.25, -0.2) is 4.39 Å². The van der Waals surface area contributed by atoms with E-state index in [9.17, 15) is 17.6 Å². The summed E-state index contributed by atoms with van der Waals surface area (Å²) in [5, 5.41) is 0. The molecule has 1 heterocycles. The minimum atomic E-state index is -4.18. The van der Waals surface area contributed by atoms with Crippen molar-refractivity contribution in [2.24, 2.45) is 17.7 Å². The highest BCUT2D eigenvalue weighted by Crippen LogP contribution is 2.43. The quantitative estimate of drug-likeness (QED) is 0.511. The largest absolute Gasteiger partial charge is 0.391 e. The number of alkyl halides is 3. The molecule has 1 aliphatic rings. The van der Waals surface area contributed by atoms with E-state index in [0.717, 1.165) is 6.20 Å². The number of nitrogens with zero attached hydrogens (tertiary/aromatic N) is 1. The van der Waals surface area contributed by atoms with Crippen molar-refractivity contribution in [2.75, 3.05) is 0 Å². The molecule has 7 heteroatoms. The van der Waals surface area contributed by atoms with Crippen molar-refractivity contribution in [1.29, 1.82) is 0 Å². The van der Waals surface area contributed by atoms with Crippen molar-refractivity contribution in [2.45, 2.75) is 37.9 Å². The van der Waals surface area contributed by atoms with Gasteiger partial charge in [-0.3, -0.25) is 16.3 Å². The highest BCUT2D eigenvalue weighted by Gasteiger charge is 2.43. The van der Waals surface area contributed by atoms with Gasteiger partial charge in [-0.15, -0.1) is 0 Å². The fourth-order valence-electron chi connectivity index (χ4n) is 2.93. The Bertz CT molecular complexity index is 449. The predicted octanol–water partition coefficient (Wildman–Crippen LogP) is 3.09. The van der Waals surface area contributed by atoms with E-state index < -0.39 is 24.0 Å². The Hall–Kier alpha value is -1.21. The van der Waals surface area contributed by atoms with E-state index in [1.54, 1.807) is 0 Å². The van der Waals surface area contributed by atoms with Crippen LogP contribution in [0.5, 0.6) is 0 Å². The van der Waals surface area contributed by atoms with Crippen LogP contribution in [0.2, 0.25) is 0 Å². The maximum absolute atomic E-state index is 13.2. The standard InChI is InChI=1S/C13H17F4N3/c14-11-5-9(6-19-7-11)12(20-18)8-2-1-3-10(4-8)13(15,16)17/h5-8,10,12,20H,1-4,18H2. The summed E-state index contributed by atoms with van der Waals surface area (Å²) in [4.78, 5) is 3.72. The molecule has 3 atom stereocenters. The summed E-state index contributed by atoms with van der Waals surface area (Å²) in [6.45, 7) is 0. The smallest absolute Gasteiger partial charge is 0.271 e. The number of nitrogens with two attached hydrogens (primary N) is 1. The lowest BCUT2D eigenvalue weighted by atomic mass is 9.76. The molecule has 0 amide bonds. The first-order chi connectivity index (χ1) is 9.41. The van der Waals surface area contributed by atoms with E-state index in [-0.39, 0.29) is 18.8 Å². The molecule has 0 radical (unpaired) electrons. The third-order valence-electron chi connectivity index (χ3n) is 3.91. The number of aromatic nitrogens is 1. The summed E-state index contributed by atoms with van der Waals surface area (Å²) in [6, 6.07) is 0.748. The lowest BCUT2D eigenvalue weighted by Gasteiger charge is -2.35. The molecule has 112 valence electrons. The Labute approximate surface area is 114 Å². The number of nitrogens with one attached hydrogen (secondary N) is 1. The molecule has 3 N–H and O–H groups in total. The van der Waals surface area contributed by atoms with Gasteiger partial charge in [0, 0.05) is 6.20 Å². The zero-order chi connectivity index (χ0) is 14.8. The Morgan fingerprint density at radius 2 is 2.05 bits per heavy atom. The van der Waals surface area contributed by atoms with Crippen molar-refractivity contribution >= 4 is 0 Å². The number of halogens is 4. The van der Waals surface area contributed by atoms with E-state index >= 15 is 0 Å². The average Bonchev–Trinajstić information content (AvgIpc) is 2.39. The summed E-state index contributed by atoms with van der Waals surface area (Å²) < 4.78 is 51.7. The summed E-state index contributed by atoms with van der Waals surface area (Å²) in [5.74, 6) is 3.36. The Morgan fingerprint density at radius 1 is 1.30 bits per heavy atom. The third-order valence-corrected chi connectivity index (χ3v) is 3.91. The minimum Gasteiger partial charge on any atom is -0.271 e. The molecule has 3 nitrogen and oxygen atoms in total. The van der Waals surface area contributed by atoms with Crippen molar-refractivity contribution in [3.05, 3.63) is 29.8 Å². The van der Waals surface area contributed by atoms with Gasteiger partial charge in [0.1, 0.15) is 5.82 Å². The first-order valence-corrected chi connectivity index (χ1v) is 6.55. The molecule has 1 aromatic rings. The highest BCUT2D eigenvalue weighted by atomic mass is 19.4. The van der Waals surface area contributed by atoms with E-state index in [0.29, 0.717) is 18.4 Å². The number of rotatable bonds is 3. The van der Waals surface area contributed by atoms with E-state index in [1.165, 1.54) is 12.3 Å². The average molecular weight is 291 g/mol. The predicted molar refractivity (Wildman–Crippen MR) is 65.8 cm³/mol. The summed E-state index contributed by atoms with van der Waals surface area (Å²) in [5.41, 5.74) is 3.00. The molecule has 1 aliphatic carbocycles. The summed E-state index contributed by atoms with van der Waals surface area (Å²) >= 11 is 0. The maximum Gasteiger partial charge on any atom is 0.391 e. The molecule has 0 spiro atoms. The summed E-state index contributed by atoms with van der Waals surface area (Å²) in [6.07, 6.45) is -0.402. The monoisotopic (exact) mass is 291 g/mol. The first kappa shape index (κ1) is 15.2. The molecule has 0 saturated heterocycles. The number of pyridine rings is 1. The SMILES string of the molecule is NNC(c1cncc(F)c1)C1CCCC(C(F)(F)F)C1. The molecule has 1 fully saturated rings. The molecular weight excluding hydrogens is 274 g/mol. The normalized spacial score (nSPS) is 25.4. The topological polar surface area (TPSA) is 50.9 Å². The second-order valence-corrected chi connectivity index (χ2v) is 5.25. The van der Waals surface area contributed by atoms with Gasteiger partial charge < -0.3 is 0 Å². The lowest BCUT2D eigenvalue weighted by molar-refractivity contribution is -0.186. The summed E-state index contributed by atoms with van der Waals surface area (Å²) in [7, 11) is 0. The van der Waals surface area contributed by atoms with Crippen LogP contribution in [0.1, 0.15) is 37.3 Å². The highest BCUT2D eigenvalue weighted by molar-refractivity contribution is 5.16. The van der Waals surface area contributed by atoms with Crippen molar-refractivity contribution in [1.82, 2.24) is 10.4 Å². The van der Waals surface area contributed by atoms with Gasteiger partial charge in [-0.05, 0) is 36.8 Å². The van der Waals surface area contributed by atoms with Crippen molar-refractivity contribution < 1.29 is 17.6 Å². The fourth-order valence-corrected chi connectivity index (χ4v) is 2.93. The van der Waals surface area contributed by atoms with Gasteiger partial charge in [-0.1, -0.05) is 6.42 Å². The zero-order valence-corrected chi connectivity index (χ0v) is 10.8. The number of hydrogen-bond donors (Lipinski definition) is 2. The van der Waals surface area contributed by atoms with E-state index in [2.05, 4.69) is 10.4 Å². The Kier molecular flexibility index (Phi) is 4.59. The third kappa shape index (κ3) is 3.46. The van der Waals surface area contributed by atoms with Crippen LogP contribution in [0.3, 0.4) is 0 Å². The van der Waals surface area contributed by atoms with Gasteiger partial charge in [0.05, 0.1) is 18.2 Å². The van der Waals surface area contributed by atoms with Crippen LogP contribution in [0.15, 0.2) is 18.5 Å². The van der Waals surface area contributed by atoms with Crippen LogP contribution < -0.4 is 11.3 Å². The second kappa shape index (κ2) is 6.05. The van der Waals surface area contributed by atoms with E-state index in [4.69, 9.17) is 5.84 Å².